The molecule has 23 heavy (non-hydrogen) atoms. The molecule has 0 saturated heterocycles. The molecule has 0 fully saturated rings. The van der Waals surface area contributed by atoms with Gasteiger partial charge in [0, 0.05) is 13.2 Å². The van der Waals surface area contributed by atoms with Crippen LogP contribution in [-0.2, 0) is 13.2 Å². The van der Waals surface area contributed by atoms with Crippen molar-refractivity contribution in [3.05, 3.63) is 47.3 Å². The first kappa shape index (κ1) is 16.9. The van der Waals surface area contributed by atoms with Gasteiger partial charge >= 0.3 is 6.18 Å². The number of halogens is 3. The van der Waals surface area contributed by atoms with Crippen LogP contribution in [-0.4, -0.2) is 28.8 Å². The van der Waals surface area contributed by atoms with Crippen molar-refractivity contribution in [2.75, 3.05) is 13.2 Å². The maximum atomic E-state index is 12.8. The minimum Gasteiger partial charge on any atom is -0.492 e. The van der Waals surface area contributed by atoms with Crippen molar-refractivity contribution in [3.63, 3.8) is 0 Å². The number of hydrogen-bond donors (Lipinski definition) is 1. The second kappa shape index (κ2) is 6.72. The van der Waals surface area contributed by atoms with E-state index in [4.69, 9.17) is 4.74 Å². The Balaban J connectivity index is 1.91. The molecule has 5 nitrogen and oxygen atoms in total. The van der Waals surface area contributed by atoms with Gasteiger partial charge in [-0.15, -0.1) is 0 Å². The molecule has 1 aromatic carbocycles. The molecule has 2 rings (SSSR count). The van der Waals surface area contributed by atoms with Gasteiger partial charge < -0.3 is 10.1 Å². The van der Waals surface area contributed by atoms with Gasteiger partial charge in [-0.05, 0) is 24.6 Å². The molecular formula is C15H16F3N3O2. The number of nitrogens with zero attached hydrogens (tertiary/aromatic N) is 2. The molecule has 0 radical (unpaired) electrons. The number of ether oxygens (including phenoxy) is 1. The Bertz CT molecular complexity index is 696. The molecule has 8 heteroatoms. The molecule has 0 aliphatic carbocycles. The normalized spacial score (nSPS) is 11.3. The predicted octanol–water partition coefficient (Wildman–Crippen LogP) is 2.56. The summed E-state index contributed by atoms with van der Waals surface area (Å²) < 4.78 is 44.7. The molecule has 1 heterocycles. The summed E-state index contributed by atoms with van der Waals surface area (Å²) in [6, 6.07) is 7.33. The number of carbonyl (C=O) groups is 1. The molecule has 0 saturated carbocycles. The van der Waals surface area contributed by atoms with Gasteiger partial charge in [-0.1, -0.05) is 12.1 Å². The van der Waals surface area contributed by atoms with Crippen molar-refractivity contribution < 1.29 is 22.7 Å². The number of nitrogens with one attached hydrogen (secondary N) is 1. The van der Waals surface area contributed by atoms with Gasteiger partial charge in [0.1, 0.15) is 12.4 Å². The van der Waals surface area contributed by atoms with E-state index in [2.05, 4.69) is 10.4 Å². The lowest BCUT2D eigenvalue weighted by Gasteiger charge is -2.09. The summed E-state index contributed by atoms with van der Waals surface area (Å²) in [5.41, 5.74) is -0.677. The fraction of sp³-hybridized carbons (Fsp3) is 0.333. The summed E-state index contributed by atoms with van der Waals surface area (Å²) in [6.45, 7) is 2.14. The summed E-state index contributed by atoms with van der Waals surface area (Å²) in [4.78, 5) is 11.9. The van der Waals surface area contributed by atoms with Crippen LogP contribution in [0.5, 0.6) is 5.75 Å². The third-order valence-corrected chi connectivity index (χ3v) is 2.99. The quantitative estimate of drug-likeness (QED) is 0.859. The van der Waals surface area contributed by atoms with Crippen LogP contribution < -0.4 is 10.1 Å². The minimum absolute atomic E-state index is 0.0823. The Morgan fingerprint density at radius 1 is 1.39 bits per heavy atom. The molecule has 0 unspecified atom stereocenters. The summed E-state index contributed by atoms with van der Waals surface area (Å²) in [6.07, 6.45) is -3.63. The van der Waals surface area contributed by atoms with Crippen LogP contribution in [0, 0.1) is 6.92 Å². The molecule has 0 bridgehead atoms. The molecule has 0 atom stereocenters. The first-order valence-corrected chi connectivity index (χ1v) is 6.86. The van der Waals surface area contributed by atoms with Crippen molar-refractivity contribution in [2.45, 2.75) is 13.1 Å². The number of alkyl halides is 3. The third kappa shape index (κ3) is 4.48. The minimum atomic E-state index is -4.67. The molecule has 1 amide bonds. The van der Waals surface area contributed by atoms with Crippen LogP contribution in [0.3, 0.4) is 0 Å². The highest BCUT2D eigenvalue weighted by Crippen LogP contribution is 2.30. The largest absolute Gasteiger partial charge is 0.492 e. The zero-order valence-corrected chi connectivity index (χ0v) is 12.6. The molecule has 0 aliphatic heterocycles. The lowest BCUT2D eigenvalue weighted by atomic mass is 10.2. The molecule has 1 N–H and O–H groups in total. The lowest BCUT2D eigenvalue weighted by molar-refractivity contribution is -0.141. The van der Waals surface area contributed by atoms with Gasteiger partial charge in [-0.2, -0.15) is 18.3 Å². The average Bonchev–Trinajstić information content (AvgIpc) is 2.86. The van der Waals surface area contributed by atoms with E-state index in [0.717, 1.165) is 16.4 Å². The Morgan fingerprint density at radius 3 is 2.78 bits per heavy atom. The SMILES string of the molecule is Cc1cccc(OCCNC(=O)c2cn(C)nc2C(F)(F)F)c1. The van der Waals surface area contributed by atoms with E-state index in [0.29, 0.717) is 5.75 Å². The maximum Gasteiger partial charge on any atom is 0.435 e. The van der Waals surface area contributed by atoms with E-state index in [9.17, 15) is 18.0 Å². The number of carbonyl (C=O) groups excluding carboxylic acids is 1. The second-order valence-corrected chi connectivity index (χ2v) is 4.98. The van der Waals surface area contributed by atoms with Crippen molar-refractivity contribution in [1.29, 1.82) is 0 Å². The predicted molar refractivity (Wildman–Crippen MR) is 77.2 cm³/mol. The first-order chi connectivity index (χ1) is 10.8. The number of amides is 1. The van der Waals surface area contributed by atoms with Crippen LogP contribution in [0.1, 0.15) is 21.6 Å². The molecular weight excluding hydrogens is 311 g/mol. The summed E-state index contributed by atoms with van der Waals surface area (Å²) >= 11 is 0. The van der Waals surface area contributed by atoms with E-state index < -0.39 is 23.3 Å². The Labute approximate surface area is 131 Å². The maximum absolute atomic E-state index is 12.8. The van der Waals surface area contributed by atoms with Crippen LogP contribution in [0.15, 0.2) is 30.5 Å². The van der Waals surface area contributed by atoms with E-state index in [1.807, 2.05) is 25.1 Å². The molecule has 2 aromatic rings. The topological polar surface area (TPSA) is 56.1 Å². The van der Waals surface area contributed by atoms with Crippen LogP contribution >= 0.6 is 0 Å². The highest BCUT2D eigenvalue weighted by atomic mass is 19.4. The molecule has 0 spiro atoms. The standard InChI is InChI=1S/C15H16F3N3O2/c1-10-4-3-5-11(8-10)23-7-6-19-14(22)12-9-21(2)20-13(12)15(16,17)18/h3-5,8-9H,6-7H2,1-2H3,(H,19,22). The van der Waals surface area contributed by atoms with E-state index in [1.165, 1.54) is 7.05 Å². The summed E-state index contributed by atoms with van der Waals surface area (Å²) in [7, 11) is 1.33. The number of rotatable bonds is 5. The highest BCUT2D eigenvalue weighted by Gasteiger charge is 2.38. The Hall–Kier alpha value is -2.51. The van der Waals surface area contributed by atoms with Gasteiger partial charge in [-0.3, -0.25) is 9.48 Å². The van der Waals surface area contributed by atoms with Gasteiger partial charge in [0.25, 0.3) is 5.91 Å². The number of aromatic nitrogens is 2. The second-order valence-electron chi connectivity index (χ2n) is 4.98. The summed E-state index contributed by atoms with van der Waals surface area (Å²) in [5.74, 6) is -0.199. The van der Waals surface area contributed by atoms with Crippen LogP contribution in [0.2, 0.25) is 0 Å². The fourth-order valence-corrected chi connectivity index (χ4v) is 2.00. The smallest absolute Gasteiger partial charge is 0.435 e. The van der Waals surface area contributed by atoms with Gasteiger partial charge in [0.2, 0.25) is 0 Å². The fourth-order valence-electron chi connectivity index (χ4n) is 2.00. The lowest BCUT2D eigenvalue weighted by Crippen LogP contribution is -2.29. The molecule has 1 aromatic heterocycles. The van der Waals surface area contributed by atoms with Crippen molar-refractivity contribution in [3.8, 4) is 5.75 Å². The van der Waals surface area contributed by atoms with Crippen LogP contribution in [0.4, 0.5) is 13.2 Å². The van der Waals surface area contributed by atoms with Crippen molar-refractivity contribution in [1.82, 2.24) is 15.1 Å². The Morgan fingerprint density at radius 2 is 2.13 bits per heavy atom. The van der Waals surface area contributed by atoms with E-state index >= 15 is 0 Å². The number of benzene rings is 1. The number of hydrogen-bond acceptors (Lipinski definition) is 3. The Kier molecular flexibility index (Phi) is 4.92. The van der Waals surface area contributed by atoms with Crippen LogP contribution in [0.25, 0.3) is 0 Å². The molecule has 0 aliphatic rings. The monoisotopic (exact) mass is 327 g/mol. The average molecular weight is 327 g/mol. The zero-order chi connectivity index (χ0) is 17.0. The zero-order valence-electron chi connectivity index (χ0n) is 12.6. The van der Waals surface area contributed by atoms with Gasteiger partial charge in [0.05, 0.1) is 12.1 Å². The first-order valence-electron chi connectivity index (χ1n) is 6.86. The van der Waals surface area contributed by atoms with E-state index in [1.54, 1.807) is 6.07 Å². The van der Waals surface area contributed by atoms with Gasteiger partial charge in [0.15, 0.2) is 5.69 Å². The highest BCUT2D eigenvalue weighted by molar-refractivity contribution is 5.95. The van der Waals surface area contributed by atoms with Crippen molar-refractivity contribution >= 4 is 5.91 Å². The third-order valence-electron chi connectivity index (χ3n) is 2.99. The summed E-state index contributed by atoms with van der Waals surface area (Å²) in [5, 5.41) is 5.68. The van der Waals surface area contributed by atoms with Gasteiger partial charge in [-0.25, -0.2) is 0 Å². The molecule has 124 valence electrons. The van der Waals surface area contributed by atoms with Crippen molar-refractivity contribution in [2.24, 2.45) is 7.05 Å². The number of aryl methyl sites for hydroxylation is 2. The van der Waals surface area contributed by atoms with E-state index in [-0.39, 0.29) is 13.2 Å².